The Labute approximate surface area is 43.9 Å². The SMILES string of the molecule is CCC1CB1Cl. The summed E-state index contributed by atoms with van der Waals surface area (Å²) in [5.41, 5.74) is 0. The zero-order valence-corrected chi connectivity index (χ0v) is 4.70. The van der Waals surface area contributed by atoms with Crippen LogP contribution in [0.25, 0.3) is 0 Å². The molecule has 2 heteroatoms. The minimum atomic E-state index is 0.537. The Balaban J connectivity index is 2.09. The Bertz CT molecular complexity index is 53.5. The second-order valence-electron chi connectivity index (χ2n) is 1.92. The molecule has 0 amide bonds. The Kier molecular flexibility index (Phi) is 1.09. The maximum absolute atomic E-state index is 5.65. The molecule has 1 aliphatic rings. The standard InChI is InChI=1S/C4H8BCl/c1-2-4-3-5(4)6/h4H,2-3H2,1H3. The van der Waals surface area contributed by atoms with Crippen LogP contribution in [0.15, 0.2) is 0 Å². The third-order valence-corrected chi connectivity index (χ3v) is 1.90. The van der Waals surface area contributed by atoms with Gasteiger partial charge in [0.2, 0.25) is 0 Å². The van der Waals surface area contributed by atoms with Gasteiger partial charge in [-0.3, -0.25) is 0 Å². The molecule has 1 fully saturated rings. The first-order chi connectivity index (χ1) is 2.84. The first-order valence-electron chi connectivity index (χ1n) is 2.48. The van der Waals surface area contributed by atoms with Gasteiger partial charge in [-0.2, -0.15) is 11.5 Å². The lowest BCUT2D eigenvalue weighted by Gasteiger charge is -1.76. The molecule has 1 rings (SSSR count). The maximum atomic E-state index is 5.65. The van der Waals surface area contributed by atoms with E-state index in [0.717, 1.165) is 5.82 Å². The number of hydrogen-bond acceptors (Lipinski definition) is 0. The van der Waals surface area contributed by atoms with Crippen LogP contribution in [0.2, 0.25) is 12.1 Å². The van der Waals surface area contributed by atoms with Crippen molar-refractivity contribution in [3.63, 3.8) is 0 Å². The van der Waals surface area contributed by atoms with E-state index >= 15 is 0 Å². The Morgan fingerprint density at radius 1 is 2.00 bits per heavy atom. The van der Waals surface area contributed by atoms with Crippen molar-refractivity contribution < 1.29 is 0 Å². The summed E-state index contributed by atoms with van der Waals surface area (Å²) in [4.78, 5) is 0. The molecule has 1 atom stereocenters. The highest BCUT2D eigenvalue weighted by Gasteiger charge is 2.37. The number of rotatable bonds is 1. The van der Waals surface area contributed by atoms with E-state index in [-0.39, 0.29) is 0 Å². The van der Waals surface area contributed by atoms with Gasteiger partial charge in [0.25, 0.3) is 6.13 Å². The van der Waals surface area contributed by atoms with Gasteiger partial charge in [-0.25, -0.2) is 0 Å². The van der Waals surface area contributed by atoms with Crippen LogP contribution in [-0.4, -0.2) is 6.13 Å². The normalized spacial score (nSPS) is 31.0. The van der Waals surface area contributed by atoms with Crippen LogP contribution in [-0.2, 0) is 0 Å². The third kappa shape index (κ3) is 0.702. The summed E-state index contributed by atoms with van der Waals surface area (Å²) in [6, 6.07) is 0. The molecular weight excluding hydrogens is 94.3 g/mol. The average Bonchev–Trinajstić information content (AvgIpc) is 2.19. The van der Waals surface area contributed by atoms with E-state index in [1.54, 1.807) is 0 Å². The summed E-state index contributed by atoms with van der Waals surface area (Å²) in [7, 11) is 0. The van der Waals surface area contributed by atoms with Crippen molar-refractivity contribution in [1.82, 2.24) is 0 Å². The van der Waals surface area contributed by atoms with Crippen LogP contribution in [0.5, 0.6) is 0 Å². The van der Waals surface area contributed by atoms with Crippen molar-refractivity contribution in [1.29, 1.82) is 0 Å². The molecule has 1 heterocycles. The van der Waals surface area contributed by atoms with Gasteiger partial charge in [-0.1, -0.05) is 25.5 Å². The second kappa shape index (κ2) is 1.45. The quantitative estimate of drug-likeness (QED) is 0.444. The lowest BCUT2D eigenvalue weighted by Crippen LogP contribution is -1.69. The third-order valence-electron chi connectivity index (χ3n) is 1.36. The van der Waals surface area contributed by atoms with E-state index in [0.29, 0.717) is 6.13 Å². The molecule has 34 valence electrons. The first-order valence-corrected chi connectivity index (χ1v) is 2.92. The summed E-state index contributed by atoms with van der Waals surface area (Å²) in [5.74, 6) is 0.867. The molecule has 0 N–H and O–H groups in total. The van der Waals surface area contributed by atoms with E-state index in [1.165, 1.54) is 12.7 Å². The molecule has 0 spiro atoms. The summed E-state index contributed by atoms with van der Waals surface area (Å²) >= 11 is 5.65. The van der Waals surface area contributed by atoms with Crippen LogP contribution < -0.4 is 0 Å². The highest BCUT2D eigenvalue weighted by Crippen LogP contribution is 2.42. The number of hydrogen-bond donors (Lipinski definition) is 0. The number of halogens is 1. The molecule has 0 radical (unpaired) electrons. The fourth-order valence-electron chi connectivity index (χ4n) is 0.633. The van der Waals surface area contributed by atoms with Gasteiger partial charge in [-0.15, -0.1) is 0 Å². The smallest absolute Gasteiger partial charge is 0.195 e. The highest BCUT2D eigenvalue weighted by atomic mass is 35.5. The van der Waals surface area contributed by atoms with E-state index in [9.17, 15) is 0 Å². The minimum Gasteiger partial charge on any atom is -0.195 e. The predicted octanol–water partition coefficient (Wildman–Crippen LogP) is 2.01. The van der Waals surface area contributed by atoms with Gasteiger partial charge in [0.15, 0.2) is 0 Å². The van der Waals surface area contributed by atoms with Crippen molar-refractivity contribution in [3.05, 3.63) is 0 Å². The first kappa shape index (κ1) is 4.51. The van der Waals surface area contributed by atoms with Crippen LogP contribution >= 0.6 is 11.5 Å². The Morgan fingerprint density at radius 3 is 2.50 bits per heavy atom. The van der Waals surface area contributed by atoms with Crippen molar-refractivity contribution in [2.24, 2.45) is 0 Å². The van der Waals surface area contributed by atoms with Crippen LogP contribution in [0.1, 0.15) is 13.3 Å². The van der Waals surface area contributed by atoms with Gasteiger partial charge < -0.3 is 0 Å². The zero-order chi connectivity index (χ0) is 4.57. The minimum absolute atomic E-state index is 0.537. The van der Waals surface area contributed by atoms with Crippen molar-refractivity contribution in [2.45, 2.75) is 25.5 Å². The van der Waals surface area contributed by atoms with Crippen LogP contribution in [0.4, 0.5) is 0 Å². The molecule has 6 heavy (non-hydrogen) atoms. The molecule has 0 aromatic rings. The lowest BCUT2D eigenvalue weighted by atomic mass is 9.99. The van der Waals surface area contributed by atoms with Gasteiger partial charge >= 0.3 is 0 Å². The molecule has 0 aromatic carbocycles. The van der Waals surface area contributed by atoms with Gasteiger partial charge in [-0.05, 0) is 0 Å². The molecule has 0 aromatic heterocycles. The molecule has 1 saturated heterocycles. The molecule has 1 aliphatic heterocycles. The van der Waals surface area contributed by atoms with E-state index in [1.807, 2.05) is 0 Å². The maximum Gasteiger partial charge on any atom is 0.252 e. The lowest BCUT2D eigenvalue weighted by molar-refractivity contribution is 0.959. The van der Waals surface area contributed by atoms with E-state index in [2.05, 4.69) is 6.92 Å². The van der Waals surface area contributed by atoms with Crippen molar-refractivity contribution in [3.8, 4) is 0 Å². The van der Waals surface area contributed by atoms with Crippen molar-refractivity contribution in [2.75, 3.05) is 0 Å². The van der Waals surface area contributed by atoms with Gasteiger partial charge in [0, 0.05) is 0 Å². The predicted molar refractivity (Wildman–Crippen MR) is 30.5 cm³/mol. The van der Waals surface area contributed by atoms with Crippen molar-refractivity contribution >= 4 is 17.6 Å². The zero-order valence-electron chi connectivity index (χ0n) is 3.95. The summed E-state index contributed by atoms with van der Waals surface area (Å²) in [6.07, 6.45) is 3.07. The van der Waals surface area contributed by atoms with E-state index in [4.69, 9.17) is 11.5 Å². The van der Waals surface area contributed by atoms with Crippen LogP contribution in [0.3, 0.4) is 0 Å². The monoisotopic (exact) mass is 102 g/mol. The summed E-state index contributed by atoms with van der Waals surface area (Å²) < 4.78 is 0. The highest BCUT2D eigenvalue weighted by molar-refractivity contribution is 7.14. The van der Waals surface area contributed by atoms with Gasteiger partial charge in [0.05, 0.1) is 0 Å². The molecule has 1 unspecified atom stereocenters. The van der Waals surface area contributed by atoms with Gasteiger partial charge in [0.1, 0.15) is 0 Å². The molecule has 0 bridgehead atoms. The molecular formula is C4H8BCl. The van der Waals surface area contributed by atoms with E-state index < -0.39 is 0 Å². The molecule has 0 aliphatic carbocycles. The fraction of sp³-hybridized carbons (Fsp3) is 1.00. The topological polar surface area (TPSA) is 0 Å². The average molecular weight is 102 g/mol. The van der Waals surface area contributed by atoms with Crippen LogP contribution in [0, 0.1) is 0 Å². The molecule has 0 nitrogen and oxygen atoms in total. The fourth-order valence-corrected chi connectivity index (χ4v) is 1.04. The summed E-state index contributed by atoms with van der Waals surface area (Å²) in [5, 5.41) is 0. The summed E-state index contributed by atoms with van der Waals surface area (Å²) in [6.45, 7) is 2.19. The molecule has 0 saturated carbocycles. The largest absolute Gasteiger partial charge is 0.252 e. The Morgan fingerprint density at radius 2 is 2.50 bits per heavy atom. The second-order valence-corrected chi connectivity index (χ2v) is 2.48. The Hall–Kier alpha value is 0.355.